The molecule has 7 nitrogen and oxygen atoms in total. The van der Waals surface area contributed by atoms with Gasteiger partial charge in [-0.25, -0.2) is 4.39 Å². The predicted molar refractivity (Wildman–Crippen MR) is 93.6 cm³/mol. The average Bonchev–Trinajstić information content (AvgIpc) is 3.03. The maximum Gasteiger partial charge on any atom is 0.267 e. The Morgan fingerprint density at radius 2 is 1.92 bits per heavy atom. The SMILES string of the molecule is Cc1nnnn1-c1cccc(NC(=O)C(C)(C)Oc2ccc(F)cc2)c1. The molecule has 0 atom stereocenters. The van der Waals surface area contributed by atoms with Gasteiger partial charge in [0.2, 0.25) is 0 Å². The number of anilines is 1. The summed E-state index contributed by atoms with van der Waals surface area (Å²) in [6.45, 7) is 5.06. The summed E-state index contributed by atoms with van der Waals surface area (Å²) < 4.78 is 20.3. The average molecular weight is 355 g/mol. The van der Waals surface area contributed by atoms with E-state index in [1.54, 1.807) is 43.7 Å². The second kappa shape index (κ2) is 6.91. The summed E-state index contributed by atoms with van der Waals surface area (Å²) in [5.41, 5.74) is 0.152. The van der Waals surface area contributed by atoms with Crippen LogP contribution in [-0.4, -0.2) is 31.7 Å². The molecule has 26 heavy (non-hydrogen) atoms. The van der Waals surface area contributed by atoms with Crippen molar-refractivity contribution in [3.63, 3.8) is 0 Å². The topological polar surface area (TPSA) is 81.9 Å². The standard InChI is InChI=1S/C18H18FN5O2/c1-12-21-22-23-24(12)15-6-4-5-14(11-15)20-17(25)18(2,3)26-16-9-7-13(19)8-10-16/h4-11H,1-3H3,(H,20,25). The number of halogens is 1. The zero-order chi connectivity index (χ0) is 18.7. The number of nitrogens with one attached hydrogen (secondary N) is 1. The van der Waals surface area contributed by atoms with Gasteiger partial charge in [-0.2, -0.15) is 4.68 Å². The molecule has 0 fully saturated rings. The van der Waals surface area contributed by atoms with Crippen molar-refractivity contribution in [2.24, 2.45) is 0 Å². The lowest BCUT2D eigenvalue weighted by molar-refractivity contribution is -0.128. The third kappa shape index (κ3) is 3.85. The smallest absolute Gasteiger partial charge is 0.267 e. The van der Waals surface area contributed by atoms with Crippen molar-refractivity contribution in [3.8, 4) is 11.4 Å². The first-order chi connectivity index (χ1) is 12.3. The van der Waals surface area contributed by atoms with Crippen LogP contribution in [-0.2, 0) is 4.79 Å². The zero-order valence-corrected chi connectivity index (χ0v) is 14.6. The van der Waals surface area contributed by atoms with Crippen molar-refractivity contribution in [1.82, 2.24) is 20.2 Å². The van der Waals surface area contributed by atoms with Crippen molar-refractivity contribution < 1.29 is 13.9 Å². The van der Waals surface area contributed by atoms with E-state index < -0.39 is 5.60 Å². The number of benzene rings is 2. The number of aryl methyl sites for hydroxylation is 1. The van der Waals surface area contributed by atoms with Gasteiger partial charge in [0.05, 0.1) is 5.69 Å². The van der Waals surface area contributed by atoms with Crippen molar-refractivity contribution in [3.05, 3.63) is 60.2 Å². The van der Waals surface area contributed by atoms with Gasteiger partial charge in [0.15, 0.2) is 11.4 Å². The fourth-order valence-electron chi connectivity index (χ4n) is 2.31. The number of carbonyl (C=O) groups excluding carboxylic acids is 1. The van der Waals surface area contributed by atoms with Gasteiger partial charge in [-0.05, 0) is 73.7 Å². The Morgan fingerprint density at radius 1 is 1.19 bits per heavy atom. The molecule has 134 valence electrons. The van der Waals surface area contributed by atoms with Crippen molar-refractivity contribution in [2.45, 2.75) is 26.4 Å². The van der Waals surface area contributed by atoms with Crippen LogP contribution in [0, 0.1) is 12.7 Å². The molecule has 3 rings (SSSR count). The minimum atomic E-state index is -1.15. The molecule has 0 aliphatic carbocycles. The van der Waals surface area contributed by atoms with Crippen LogP contribution in [0.1, 0.15) is 19.7 Å². The van der Waals surface area contributed by atoms with Crippen molar-refractivity contribution in [2.75, 3.05) is 5.32 Å². The summed E-state index contributed by atoms with van der Waals surface area (Å²) in [7, 11) is 0. The Labute approximate surface area is 149 Å². The Balaban J connectivity index is 1.74. The molecule has 3 aromatic rings. The Hall–Kier alpha value is -3.29. The number of rotatable bonds is 5. The number of amides is 1. The Morgan fingerprint density at radius 3 is 2.58 bits per heavy atom. The second-order valence-electron chi connectivity index (χ2n) is 6.21. The van der Waals surface area contributed by atoms with Gasteiger partial charge in [0.1, 0.15) is 11.6 Å². The largest absolute Gasteiger partial charge is 0.478 e. The van der Waals surface area contributed by atoms with Crippen LogP contribution in [0.5, 0.6) is 5.75 Å². The minimum absolute atomic E-state index is 0.340. The molecule has 8 heteroatoms. The molecule has 1 aromatic heterocycles. The first-order valence-corrected chi connectivity index (χ1v) is 7.96. The Kier molecular flexibility index (Phi) is 4.66. The molecular formula is C18H18FN5O2. The summed E-state index contributed by atoms with van der Waals surface area (Å²) in [6, 6.07) is 12.7. The number of hydrogen-bond donors (Lipinski definition) is 1. The number of carbonyl (C=O) groups is 1. The van der Waals surface area contributed by atoms with Crippen molar-refractivity contribution >= 4 is 11.6 Å². The van der Waals surface area contributed by atoms with Crippen molar-refractivity contribution in [1.29, 1.82) is 0 Å². The normalized spacial score (nSPS) is 11.2. The van der Waals surface area contributed by atoms with Crippen LogP contribution in [0.25, 0.3) is 5.69 Å². The first kappa shape index (κ1) is 17.5. The van der Waals surface area contributed by atoms with E-state index in [1.165, 1.54) is 24.3 Å². The molecule has 0 saturated carbocycles. The second-order valence-corrected chi connectivity index (χ2v) is 6.21. The monoisotopic (exact) mass is 355 g/mol. The molecule has 0 bridgehead atoms. The van der Waals surface area contributed by atoms with Crippen LogP contribution in [0.15, 0.2) is 48.5 Å². The van der Waals surface area contributed by atoms with E-state index in [-0.39, 0.29) is 11.7 Å². The zero-order valence-electron chi connectivity index (χ0n) is 14.6. The summed E-state index contributed by atoms with van der Waals surface area (Å²) in [5.74, 6) is 0.333. The highest BCUT2D eigenvalue weighted by Crippen LogP contribution is 2.21. The highest BCUT2D eigenvalue weighted by atomic mass is 19.1. The Bertz CT molecular complexity index is 921. The maximum absolute atomic E-state index is 13.0. The fourth-order valence-corrected chi connectivity index (χ4v) is 2.31. The lowest BCUT2D eigenvalue weighted by Gasteiger charge is -2.25. The van der Waals surface area contributed by atoms with E-state index in [2.05, 4.69) is 20.8 Å². The number of ether oxygens (including phenoxy) is 1. The van der Waals surface area contributed by atoms with Crippen LogP contribution in [0.2, 0.25) is 0 Å². The quantitative estimate of drug-likeness (QED) is 0.761. The van der Waals surface area contributed by atoms with Gasteiger partial charge in [-0.3, -0.25) is 4.79 Å². The molecule has 0 aliphatic rings. The van der Waals surface area contributed by atoms with E-state index in [0.29, 0.717) is 17.3 Å². The molecule has 1 N–H and O–H groups in total. The highest BCUT2D eigenvalue weighted by Gasteiger charge is 2.30. The molecule has 2 aromatic carbocycles. The molecular weight excluding hydrogens is 337 g/mol. The van der Waals surface area contributed by atoms with Crippen LogP contribution < -0.4 is 10.1 Å². The summed E-state index contributed by atoms with van der Waals surface area (Å²) in [5, 5.41) is 14.2. The third-order valence-corrected chi connectivity index (χ3v) is 3.71. The number of tetrazole rings is 1. The molecule has 0 saturated heterocycles. The lowest BCUT2D eigenvalue weighted by atomic mass is 10.1. The minimum Gasteiger partial charge on any atom is -0.478 e. The lowest BCUT2D eigenvalue weighted by Crippen LogP contribution is -2.42. The van der Waals surface area contributed by atoms with E-state index >= 15 is 0 Å². The third-order valence-electron chi connectivity index (χ3n) is 3.71. The van der Waals surface area contributed by atoms with Crippen LogP contribution >= 0.6 is 0 Å². The van der Waals surface area contributed by atoms with Crippen LogP contribution in [0.4, 0.5) is 10.1 Å². The van der Waals surface area contributed by atoms with Gasteiger partial charge in [0, 0.05) is 5.69 Å². The number of aromatic nitrogens is 4. The van der Waals surface area contributed by atoms with Gasteiger partial charge in [-0.1, -0.05) is 6.07 Å². The number of hydrogen-bond acceptors (Lipinski definition) is 5. The molecule has 0 spiro atoms. The maximum atomic E-state index is 13.0. The van der Waals surface area contributed by atoms with E-state index in [1.807, 2.05) is 6.07 Å². The van der Waals surface area contributed by atoms with Crippen LogP contribution in [0.3, 0.4) is 0 Å². The van der Waals surface area contributed by atoms with E-state index in [4.69, 9.17) is 4.74 Å². The summed E-state index contributed by atoms with van der Waals surface area (Å²) >= 11 is 0. The highest BCUT2D eigenvalue weighted by molar-refractivity contribution is 5.97. The fraction of sp³-hybridized carbons (Fsp3) is 0.222. The van der Waals surface area contributed by atoms with Gasteiger partial charge in [-0.15, -0.1) is 5.10 Å². The molecule has 1 heterocycles. The summed E-state index contributed by atoms with van der Waals surface area (Å²) in [6.07, 6.45) is 0. The number of nitrogens with zero attached hydrogens (tertiary/aromatic N) is 4. The van der Waals surface area contributed by atoms with Gasteiger partial charge in [0.25, 0.3) is 5.91 Å². The van der Waals surface area contributed by atoms with E-state index in [9.17, 15) is 9.18 Å². The van der Waals surface area contributed by atoms with E-state index in [0.717, 1.165) is 5.69 Å². The molecule has 0 aliphatic heterocycles. The molecule has 0 unspecified atom stereocenters. The predicted octanol–water partition coefficient (Wildman–Crippen LogP) is 2.91. The molecule has 1 amide bonds. The first-order valence-electron chi connectivity index (χ1n) is 7.96. The molecule has 0 radical (unpaired) electrons. The van der Waals surface area contributed by atoms with Gasteiger partial charge >= 0.3 is 0 Å². The summed E-state index contributed by atoms with van der Waals surface area (Å²) in [4.78, 5) is 12.6. The van der Waals surface area contributed by atoms with Gasteiger partial charge < -0.3 is 10.1 Å².